The second-order valence-corrected chi connectivity index (χ2v) is 3.59. The molecule has 2 rings (SSSR count). The van der Waals surface area contributed by atoms with Crippen LogP contribution in [0.4, 0.5) is 5.69 Å². The van der Waals surface area contributed by atoms with E-state index in [0.717, 1.165) is 24.1 Å². The standard InChI is InChI=1S/C12H13NO/c1-2-9-3-7-11(8-4-9)13-12(14)10-5-6-10/h2-4,7-8,10H,1,5-6H2,(H,13,14). The lowest BCUT2D eigenvalue weighted by Gasteiger charge is -2.03. The highest BCUT2D eigenvalue weighted by Gasteiger charge is 2.29. The number of rotatable bonds is 3. The Bertz CT molecular complexity index is 349. The third kappa shape index (κ3) is 2.02. The highest BCUT2D eigenvalue weighted by molar-refractivity contribution is 5.94. The average Bonchev–Trinajstić information content (AvgIpc) is 3.02. The predicted molar refractivity (Wildman–Crippen MR) is 57.9 cm³/mol. The van der Waals surface area contributed by atoms with Crippen LogP contribution in [0.15, 0.2) is 30.8 Å². The van der Waals surface area contributed by atoms with Crippen LogP contribution in [0.3, 0.4) is 0 Å². The van der Waals surface area contributed by atoms with E-state index in [-0.39, 0.29) is 11.8 Å². The van der Waals surface area contributed by atoms with Crippen molar-refractivity contribution in [3.8, 4) is 0 Å². The number of carbonyl (C=O) groups excluding carboxylic acids is 1. The van der Waals surface area contributed by atoms with Gasteiger partial charge in [-0.2, -0.15) is 0 Å². The molecule has 72 valence electrons. The molecule has 1 aliphatic rings. The first-order valence-electron chi connectivity index (χ1n) is 4.83. The van der Waals surface area contributed by atoms with E-state index in [1.165, 1.54) is 0 Å². The van der Waals surface area contributed by atoms with Crippen LogP contribution in [0.2, 0.25) is 0 Å². The Labute approximate surface area is 83.6 Å². The van der Waals surface area contributed by atoms with E-state index >= 15 is 0 Å². The summed E-state index contributed by atoms with van der Waals surface area (Å²) >= 11 is 0. The molecule has 0 bridgehead atoms. The van der Waals surface area contributed by atoms with Crippen molar-refractivity contribution >= 4 is 17.7 Å². The van der Waals surface area contributed by atoms with E-state index in [1.54, 1.807) is 6.08 Å². The van der Waals surface area contributed by atoms with Gasteiger partial charge in [-0.3, -0.25) is 4.79 Å². The van der Waals surface area contributed by atoms with Gasteiger partial charge in [-0.05, 0) is 30.5 Å². The molecule has 1 N–H and O–H groups in total. The zero-order valence-corrected chi connectivity index (χ0v) is 7.99. The Morgan fingerprint density at radius 1 is 1.36 bits per heavy atom. The van der Waals surface area contributed by atoms with Crippen molar-refractivity contribution in [1.82, 2.24) is 0 Å². The molecule has 1 aromatic carbocycles. The van der Waals surface area contributed by atoms with Gasteiger partial charge < -0.3 is 5.32 Å². The lowest BCUT2D eigenvalue weighted by molar-refractivity contribution is -0.117. The summed E-state index contributed by atoms with van der Waals surface area (Å²) < 4.78 is 0. The molecule has 0 radical (unpaired) electrons. The molecule has 1 amide bonds. The number of carbonyl (C=O) groups is 1. The van der Waals surface area contributed by atoms with Crippen molar-refractivity contribution in [3.05, 3.63) is 36.4 Å². The largest absolute Gasteiger partial charge is 0.326 e. The number of hydrogen-bond donors (Lipinski definition) is 1. The maximum absolute atomic E-state index is 11.4. The van der Waals surface area contributed by atoms with Crippen molar-refractivity contribution < 1.29 is 4.79 Å². The topological polar surface area (TPSA) is 29.1 Å². The Hall–Kier alpha value is -1.57. The van der Waals surface area contributed by atoms with Crippen LogP contribution >= 0.6 is 0 Å². The molecule has 0 aliphatic heterocycles. The Morgan fingerprint density at radius 3 is 2.50 bits per heavy atom. The SMILES string of the molecule is C=Cc1ccc(NC(=O)C2CC2)cc1. The van der Waals surface area contributed by atoms with E-state index < -0.39 is 0 Å². The van der Waals surface area contributed by atoms with E-state index in [9.17, 15) is 4.79 Å². The minimum absolute atomic E-state index is 0.149. The number of nitrogens with one attached hydrogen (secondary N) is 1. The maximum Gasteiger partial charge on any atom is 0.227 e. The van der Waals surface area contributed by atoms with Crippen LogP contribution in [0.5, 0.6) is 0 Å². The van der Waals surface area contributed by atoms with Gasteiger partial charge in [0.05, 0.1) is 0 Å². The fourth-order valence-electron chi connectivity index (χ4n) is 1.29. The molecule has 0 atom stereocenters. The molecular formula is C12H13NO. The van der Waals surface area contributed by atoms with Crippen molar-refractivity contribution in [3.63, 3.8) is 0 Å². The van der Waals surface area contributed by atoms with Crippen LogP contribution in [-0.4, -0.2) is 5.91 Å². The van der Waals surface area contributed by atoms with Crippen LogP contribution in [0, 0.1) is 5.92 Å². The minimum Gasteiger partial charge on any atom is -0.326 e. The molecule has 0 heterocycles. The average molecular weight is 187 g/mol. The lowest BCUT2D eigenvalue weighted by Crippen LogP contribution is -2.12. The third-order valence-electron chi connectivity index (χ3n) is 2.36. The van der Waals surface area contributed by atoms with Gasteiger partial charge in [0, 0.05) is 11.6 Å². The van der Waals surface area contributed by atoms with Gasteiger partial charge in [-0.25, -0.2) is 0 Å². The van der Waals surface area contributed by atoms with Gasteiger partial charge in [0.25, 0.3) is 0 Å². The van der Waals surface area contributed by atoms with E-state index in [0.29, 0.717) is 0 Å². The molecule has 14 heavy (non-hydrogen) atoms. The highest BCUT2D eigenvalue weighted by Crippen LogP contribution is 2.30. The fraction of sp³-hybridized carbons (Fsp3) is 0.250. The molecule has 0 spiro atoms. The van der Waals surface area contributed by atoms with E-state index in [2.05, 4.69) is 11.9 Å². The number of hydrogen-bond acceptors (Lipinski definition) is 1. The number of amides is 1. The first-order valence-corrected chi connectivity index (χ1v) is 4.83. The van der Waals surface area contributed by atoms with E-state index in [4.69, 9.17) is 0 Å². The van der Waals surface area contributed by atoms with Gasteiger partial charge >= 0.3 is 0 Å². The zero-order valence-electron chi connectivity index (χ0n) is 7.99. The maximum atomic E-state index is 11.4. The summed E-state index contributed by atoms with van der Waals surface area (Å²) in [5, 5.41) is 2.88. The fourth-order valence-corrected chi connectivity index (χ4v) is 1.29. The van der Waals surface area contributed by atoms with Gasteiger partial charge in [-0.15, -0.1) is 0 Å². The van der Waals surface area contributed by atoms with E-state index in [1.807, 2.05) is 24.3 Å². The van der Waals surface area contributed by atoms with Crippen LogP contribution < -0.4 is 5.32 Å². The Morgan fingerprint density at radius 2 is 2.00 bits per heavy atom. The Kier molecular flexibility index (Phi) is 2.35. The quantitative estimate of drug-likeness (QED) is 0.774. The van der Waals surface area contributed by atoms with Crippen molar-refractivity contribution in [1.29, 1.82) is 0 Å². The number of benzene rings is 1. The second kappa shape index (κ2) is 3.66. The van der Waals surface area contributed by atoms with Gasteiger partial charge in [0.15, 0.2) is 0 Å². The molecule has 1 aromatic rings. The summed E-state index contributed by atoms with van der Waals surface area (Å²) in [6.07, 6.45) is 3.86. The summed E-state index contributed by atoms with van der Waals surface area (Å²) in [6.45, 7) is 3.67. The predicted octanol–water partition coefficient (Wildman–Crippen LogP) is 2.68. The minimum atomic E-state index is 0.149. The summed E-state index contributed by atoms with van der Waals surface area (Å²) in [7, 11) is 0. The summed E-state index contributed by atoms with van der Waals surface area (Å²) in [6, 6.07) is 7.68. The van der Waals surface area contributed by atoms with Crippen molar-refractivity contribution in [2.24, 2.45) is 5.92 Å². The molecule has 1 aliphatic carbocycles. The first-order chi connectivity index (χ1) is 6.79. The molecule has 0 aromatic heterocycles. The molecular weight excluding hydrogens is 174 g/mol. The van der Waals surface area contributed by atoms with Crippen molar-refractivity contribution in [2.75, 3.05) is 5.32 Å². The molecule has 1 fully saturated rings. The molecule has 2 nitrogen and oxygen atoms in total. The summed E-state index contributed by atoms with van der Waals surface area (Å²) in [5.41, 5.74) is 1.93. The summed E-state index contributed by atoms with van der Waals surface area (Å²) in [5.74, 6) is 0.408. The van der Waals surface area contributed by atoms with Crippen LogP contribution in [-0.2, 0) is 4.79 Å². The first kappa shape index (κ1) is 9.00. The molecule has 2 heteroatoms. The smallest absolute Gasteiger partial charge is 0.227 e. The van der Waals surface area contributed by atoms with Crippen LogP contribution in [0.25, 0.3) is 6.08 Å². The van der Waals surface area contributed by atoms with Gasteiger partial charge in [0.1, 0.15) is 0 Å². The van der Waals surface area contributed by atoms with Gasteiger partial charge in [-0.1, -0.05) is 24.8 Å². The van der Waals surface area contributed by atoms with Gasteiger partial charge in [0.2, 0.25) is 5.91 Å². The zero-order chi connectivity index (χ0) is 9.97. The summed E-state index contributed by atoms with van der Waals surface area (Å²) in [4.78, 5) is 11.4. The lowest BCUT2D eigenvalue weighted by atomic mass is 10.2. The Balaban J connectivity index is 2.01. The molecule has 0 unspecified atom stereocenters. The number of anilines is 1. The monoisotopic (exact) mass is 187 g/mol. The third-order valence-corrected chi connectivity index (χ3v) is 2.36. The molecule has 1 saturated carbocycles. The molecule has 0 saturated heterocycles. The van der Waals surface area contributed by atoms with Crippen LogP contribution in [0.1, 0.15) is 18.4 Å². The second-order valence-electron chi connectivity index (χ2n) is 3.59. The normalized spacial score (nSPS) is 14.9. The van der Waals surface area contributed by atoms with Crippen molar-refractivity contribution in [2.45, 2.75) is 12.8 Å². The highest BCUT2D eigenvalue weighted by atomic mass is 16.2.